The highest BCUT2D eigenvalue weighted by atomic mass is 35.5. The van der Waals surface area contributed by atoms with Gasteiger partial charge in [0.05, 0.1) is 7.11 Å². The zero-order valence-corrected chi connectivity index (χ0v) is 7.28. The monoisotopic (exact) mass is 185 g/mol. The van der Waals surface area contributed by atoms with Crippen molar-refractivity contribution in [3.05, 3.63) is 30.1 Å². The summed E-state index contributed by atoms with van der Waals surface area (Å²) in [5.41, 5.74) is 0.644. The summed E-state index contributed by atoms with van der Waals surface area (Å²) in [5.74, 6) is -0.468. The van der Waals surface area contributed by atoms with E-state index in [9.17, 15) is 4.79 Å². The van der Waals surface area contributed by atoms with Crippen LogP contribution in [0.4, 0.5) is 0 Å². The van der Waals surface area contributed by atoms with Crippen LogP contribution < -0.4 is 0 Å². The molecule has 64 valence electrons. The number of rotatable bonds is 2. The van der Waals surface area contributed by atoms with Crippen molar-refractivity contribution in [3.8, 4) is 0 Å². The molecule has 0 spiro atoms. The van der Waals surface area contributed by atoms with Crippen molar-refractivity contribution in [2.75, 3.05) is 7.11 Å². The van der Waals surface area contributed by atoms with Crippen LogP contribution in [-0.2, 0) is 9.53 Å². The van der Waals surface area contributed by atoms with E-state index in [0.29, 0.717) is 5.56 Å². The lowest BCUT2D eigenvalue weighted by atomic mass is 10.2. The van der Waals surface area contributed by atoms with Crippen molar-refractivity contribution in [1.29, 1.82) is 0 Å². The van der Waals surface area contributed by atoms with Gasteiger partial charge in [0.1, 0.15) is 0 Å². The Balaban J connectivity index is 2.78. The zero-order chi connectivity index (χ0) is 8.97. The molecule has 0 amide bonds. The minimum absolute atomic E-state index is 0.468. The number of alkyl halides is 1. The molecular formula is C8H8ClNO2. The van der Waals surface area contributed by atoms with Crippen LogP contribution in [-0.4, -0.2) is 18.1 Å². The summed E-state index contributed by atoms with van der Waals surface area (Å²) >= 11 is 5.74. The van der Waals surface area contributed by atoms with Gasteiger partial charge < -0.3 is 4.74 Å². The maximum absolute atomic E-state index is 10.9. The lowest BCUT2D eigenvalue weighted by molar-refractivity contribution is -0.140. The van der Waals surface area contributed by atoms with Crippen LogP contribution in [0.1, 0.15) is 10.9 Å². The topological polar surface area (TPSA) is 39.2 Å². The number of halogens is 1. The van der Waals surface area contributed by atoms with Gasteiger partial charge in [-0.3, -0.25) is 9.78 Å². The molecule has 0 aliphatic rings. The van der Waals surface area contributed by atoms with Crippen LogP contribution in [0.25, 0.3) is 0 Å². The number of hydrogen-bond donors (Lipinski definition) is 0. The highest BCUT2D eigenvalue weighted by molar-refractivity contribution is 6.29. The van der Waals surface area contributed by atoms with Crippen molar-refractivity contribution in [2.45, 2.75) is 5.38 Å². The fourth-order valence-electron chi connectivity index (χ4n) is 0.765. The first kappa shape index (κ1) is 9.00. The summed E-state index contributed by atoms with van der Waals surface area (Å²) in [4.78, 5) is 14.8. The molecule has 1 rings (SSSR count). The van der Waals surface area contributed by atoms with E-state index in [4.69, 9.17) is 11.6 Å². The normalized spacial score (nSPS) is 12.2. The summed E-state index contributed by atoms with van der Waals surface area (Å²) < 4.78 is 4.47. The van der Waals surface area contributed by atoms with Gasteiger partial charge in [0.15, 0.2) is 5.38 Å². The van der Waals surface area contributed by atoms with Crippen LogP contribution in [0, 0.1) is 0 Å². The van der Waals surface area contributed by atoms with Crippen LogP contribution in [0.15, 0.2) is 24.5 Å². The van der Waals surface area contributed by atoms with Gasteiger partial charge in [0.25, 0.3) is 0 Å². The number of pyridine rings is 1. The summed E-state index contributed by atoms with van der Waals surface area (Å²) in [6.45, 7) is 0. The van der Waals surface area contributed by atoms with Gasteiger partial charge in [-0.1, -0.05) is 6.07 Å². The molecule has 1 aromatic rings. The van der Waals surface area contributed by atoms with Crippen LogP contribution in [0.2, 0.25) is 0 Å². The van der Waals surface area contributed by atoms with Gasteiger partial charge in [-0.2, -0.15) is 0 Å². The zero-order valence-electron chi connectivity index (χ0n) is 6.53. The molecule has 0 aromatic carbocycles. The van der Waals surface area contributed by atoms with Crippen LogP contribution in [0.5, 0.6) is 0 Å². The molecule has 0 N–H and O–H groups in total. The Morgan fingerprint density at radius 1 is 1.75 bits per heavy atom. The van der Waals surface area contributed by atoms with Gasteiger partial charge in [0.2, 0.25) is 0 Å². The Bertz CT molecular complexity index is 263. The molecular weight excluding hydrogens is 178 g/mol. The molecule has 0 aliphatic carbocycles. The third-order valence-electron chi connectivity index (χ3n) is 1.39. The standard InChI is InChI=1S/C8H8ClNO2/c1-12-8(11)7(9)6-3-2-4-10-5-6/h2-5,7H,1H3/t7-/m1/s1. The lowest BCUT2D eigenvalue weighted by Gasteiger charge is -2.05. The maximum atomic E-state index is 10.9. The van der Waals surface area contributed by atoms with Crippen molar-refractivity contribution in [1.82, 2.24) is 4.98 Å². The van der Waals surface area contributed by atoms with Gasteiger partial charge in [-0.15, -0.1) is 11.6 Å². The van der Waals surface area contributed by atoms with Gasteiger partial charge >= 0.3 is 5.97 Å². The summed E-state index contributed by atoms with van der Waals surface area (Å²) in [7, 11) is 1.30. The lowest BCUT2D eigenvalue weighted by Crippen LogP contribution is -2.08. The van der Waals surface area contributed by atoms with Crippen molar-refractivity contribution in [3.63, 3.8) is 0 Å². The van der Waals surface area contributed by atoms with E-state index >= 15 is 0 Å². The molecule has 3 nitrogen and oxygen atoms in total. The van der Waals surface area contributed by atoms with E-state index < -0.39 is 11.3 Å². The van der Waals surface area contributed by atoms with Crippen molar-refractivity contribution < 1.29 is 9.53 Å². The molecule has 0 unspecified atom stereocenters. The number of methoxy groups -OCH3 is 1. The summed E-state index contributed by atoms with van der Waals surface area (Å²) in [5, 5.41) is -0.760. The van der Waals surface area contributed by atoms with E-state index in [2.05, 4.69) is 9.72 Å². The van der Waals surface area contributed by atoms with E-state index in [1.54, 1.807) is 18.3 Å². The predicted molar refractivity (Wildman–Crippen MR) is 44.8 cm³/mol. The van der Waals surface area contributed by atoms with Crippen molar-refractivity contribution in [2.24, 2.45) is 0 Å². The highest BCUT2D eigenvalue weighted by Crippen LogP contribution is 2.19. The number of carbonyl (C=O) groups excluding carboxylic acids is 1. The number of esters is 1. The fourth-order valence-corrected chi connectivity index (χ4v) is 0.984. The quantitative estimate of drug-likeness (QED) is 0.518. The molecule has 0 aliphatic heterocycles. The van der Waals surface area contributed by atoms with Crippen molar-refractivity contribution >= 4 is 17.6 Å². The predicted octanol–water partition coefficient (Wildman–Crippen LogP) is 1.53. The molecule has 1 atom stereocenters. The van der Waals surface area contributed by atoms with Crippen LogP contribution in [0.3, 0.4) is 0 Å². The second-order valence-electron chi connectivity index (χ2n) is 2.17. The first-order valence-electron chi connectivity index (χ1n) is 3.37. The number of ether oxygens (including phenoxy) is 1. The summed E-state index contributed by atoms with van der Waals surface area (Å²) in [6.07, 6.45) is 3.15. The van der Waals surface area contributed by atoms with E-state index in [-0.39, 0.29) is 0 Å². The molecule has 4 heteroatoms. The number of aromatic nitrogens is 1. The molecule has 0 radical (unpaired) electrons. The third kappa shape index (κ3) is 1.95. The molecule has 1 heterocycles. The second kappa shape index (κ2) is 4.07. The first-order valence-corrected chi connectivity index (χ1v) is 3.81. The Morgan fingerprint density at radius 2 is 2.50 bits per heavy atom. The Morgan fingerprint density at radius 3 is 3.00 bits per heavy atom. The second-order valence-corrected chi connectivity index (χ2v) is 2.61. The minimum Gasteiger partial charge on any atom is -0.468 e. The van der Waals surface area contributed by atoms with E-state index in [0.717, 1.165) is 0 Å². The molecule has 0 saturated heterocycles. The molecule has 0 fully saturated rings. The van der Waals surface area contributed by atoms with Gasteiger partial charge in [-0.25, -0.2) is 0 Å². The summed E-state index contributed by atoms with van der Waals surface area (Å²) in [6, 6.07) is 3.44. The molecule has 0 saturated carbocycles. The molecule has 0 bridgehead atoms. The molecule has 12 heavy (non-hydrogen) atoms. The minimum atomic E-state index is -0.760. The number of hydrogen-bond acceptors (Lipinski definition) is 3. The Kier molecular flexibility index (Phi) is 3.05. The first-order chi connectivity index (χ1) is 5.75. The van der Waals surface area contributed by atoms with E-state index in [1.165, 1.54) is 13.3 Å². The fraction of sp³-hybridized carbons (Fsp3) is 0.250. The average molecular weight is 186 g/mol. The van der Waals surface area contributed by atoms with E-state index in [1.807, 2.05) is 0 Å². The van der Waals surface area contributed by atoms with Gasteiger partial charge in [0, 0.05) is 12.4 Å². The van der Waals surface area contributed by atoms with Crippen LogP contribution >= 0.6 is 11.6 Å². The van der Waals surface area contributed by atoms with Gasteiger partial charge in [-0.05, 0) is 11.6 Å². The highest BCUT2D eigenvalue weighted by Gasteiger charge is 2.17. The SMILES string of the molecule is COC(=O)[C@H](Cl)c1cccnc1. The Labute approximate surface area is 75.3 Å². The molecule has 1 aromatic heterocycles. The number of nitrogens with zero attached hydrogens (tertiary/aromatic N) is 1. The maximum Gasteiger partial charge on any atom is 0.328 e. The number of carbonyl (C=O) groups is 1. The third-order valence-corrected chi connectivity index (χ3v) is 1.82. The Hall–Kier alpha value is -1.09. The smallest absolute Gasteiger partial charge is 0.328 e. The average Bonchev–Trinajstić information content (AvgIpc) is 2.17. The largest absolute Gasteiger partial charge is 0.468 e.